The number of aryl methyl sites for hydroxylation is 1. The summed E-state index contributed by atoms with van der Waals surface area (Å²) >= 11 is 1.45. The second kappa shape index (κ2) is 4.53. The van der Waals surface area contributed by atoms with Gasteiger partial charge in [0, 0.05) is 10.4 Å². The minimum Gasteiger partial charge on any atom is -0.504 e. The normalized spacial score (nSPS) is 10.8. The molecule has 0 aliphatic carbocycles. The maximum atomic E-state index is 9.48. The van der Waals surface area contributed by atoms with Gasteiger partial charge in [-0.05, 0) is 31.2 Å². The number of anilines is 1. The largest absolute Gasteiger partial charge is 0.504 e. The number of phenols is 2. The SMILES string of the molecule is Cc1cc(-c2nc(-c3ccc(O)c(O)c3)no2)c(N)s1. The molecule has 0 bridgehead atoms. The number of nitrogens with zero attached hydrogens (tertiary/aromatic N) is 2. The fourth-order valence-electron chi connectivity index (χ4n) is 1.81. The molecule has 3 rings (SSSR count). The molecule has 4 N–H and O–H groups in total. The van der Waals surface area contributed by atoms with Crippen LogP contribution in [0.25, 0.3) is 22.8 Å². The predicted octanol–water partition coefficient (Wildman–Crippen LogP) is 2.77. The maximum absolute atomic E-state index is 9.48. The van der Waals surface area contributed by atoms with Crippen molar-refractivity contribution in [1.29, 1.82) is 0 Å². The van der Waals surface area contributed by atoms with Gasteiger partial charge in [-0.25, -0.2) is 0 Å². The summed E-state index contributed by atoms with van der Waals surface area (Å²) in [5, 5.41) is 23.2. The van der Waals surface area contributed by atoms with Crippen LogP contribution in [-0.2, 0) is 0 Å². The first kappa shape index (κ1) is 12.5. The Hall–Kier alpha value is -2.54. The molecule has 0 saturated carbocycles. The lowest BCUT2D eigenvalue weighted by molar-refractivity contribution is 0.404. The van der Waals surface area contributed by atoms with Crippen molar-refractivity contribution >= 4 is 16.3 Å². The van der Waals surface area contributed by atoms with Crippen molar-refractivity contribution in [1.82, 2.24) is 10.1 Å². The van der Waals surface area contributed by atoms with E-state index in [4.69, 9.17) is 10.3 Å². The van der Waals surface area contributed by atoms with Crippen LogP contribution < -0.4 is 5.73 Å². The second-order valence-corrected chi connectivity index (χ2v) is 5.55. The molecule has 6 nitrogen and oxygen atoms in total. The molecule has 2 aromatic heterocycles. The molecule has 7 heteroatoms. The van der Waals surface area contributed by atoms with Crippen LogP contribution >= 0.6 is 11.3 Å². The Kier molecular flexibility index (Phi) is 2.83. The number of rotatable bonds is 2. The van der Waals surface area contributed by atoms with Gasteiger partial charge in [0.15, 0.2) is 11.5 Å². The summed E-state index contributed by atoms with van der Waals surface area (Å²) in [4.78, 5) is 5.31. The highest BCUT2D eigenvalue weighted by atomic mass is 32.1. The van der Waals surface area contributed by atoms with Gasteiger partial charge in [-0.1, -0.05) is 5.16 Å². The second-order valence-electron chi connectivity index (χ2n) is 4.26. The molecule has 0 radical (unpaired) electrons. The van der Waals surface area contributed by atoms with E-state index >= 15 is 0 Å². The van der Waals surface area contributed by atoms with Crippen molar-refractivity contribution in [2.24, 2.45) is 0 Å². The van der Waals surface area contributed by atoms with Gasteiger partial charge in [-0.15, -0.1) is 11.3 Å². The molecule has 3 aromatic rings. The fraction of sp³-hybridized carbons (Fsp3) is 0.0769. The molecule has 1 aromatic carbocycles. The monoisotopic (exact) mass is 289 g/mol. The number of aromatic nitrogens is 2. The molecule has 0 atom stereocenters. The summed E-state index contributed by atoms with van der Waals surface area (Å²) < 4.78 is 5.19. The number of phenolic OH excluding ortho intramolecular Hbond substituents is 2. The van der Waals surface area contributed by atoms with Crippen LogP contribution in [-0.4, -0.2) is 20.4 Å². The van der Waals surface area contributed by atoms with Crippen LogP contribution in [0.3, 0.4) is 0 Å². The summed E-state index contributed by atoms with van der Waals surface area (Å²) in [6.45, 7) is 1.94. The van der Waals surface area contributed by atoms with Crippen molar-refractivity contribution in [3.8, 4) is 34.3 Å². The molecule has 0 aliphatic rings. The maximum Gasteiger partial charge on any atom is 0.261 e. The standard InChI is InChI=1S/C13H11N3O3S/c1-6-4-8(11(14)20-6)13-15-12(16-19-13)7-2-3-9(17)10(18)5-7/h2-5,17-18H,14H2,1H3. The van der Waals surface area contributed by atoms with Gasteiger partial charge in [0.25, 0.3) is 5.89 Å². The van der Waals surface area contributed by atoms with E-state index in [1.165, 1.54) is 23.5 Å². The fourth-order valence-corrected chi connectivity index (χ4v) is 2.59. The molecule has 0 unspecified atom stereocenters. The summed E-state index contributed by atoms with van der Waals surface area (Å²) in [6.07, 6.45) is 0. The Bertz CT molecular complexity index is 779. The lowest BCUT2D eigenvalue weighted by atomic mass is 10.2. The third kappa shape index (κ3) is 2.08. The third-order valence-electron chi connectivity index (χ3n) is 2.77. The number of benzene rings is 1. The lowest BCUT2D eigenvalue weighted by Crippen LogP contribution is -1.84. The Morgan fingerprint density at radius 1 is 1.20 bits per heavy atom. The summed E-state index contributed by atoms with van der Waals surface area (Å²) in [6, 6.07) is 6.20. The molecule has 0 saturated heterocycles. The third-order valence-corrected chi connectivity index (χ3v) is 3.65. The van der Waals surface area contributed by atoms with E-state index in [-0.39, 0.29) is 11.5 Å². The van der Waals surface area contributed by atoms with Crippen LogP contribution in [0.15, 0.2) is 28.8 Å². The molecule has 0 aliphatic heterocycles. The van der Waals surface area contributed by atoms with Crippen molar-refractivity contribution < 1.29 is 14.7 Å². The van der Waals surface area contributed by atoms with Gasteiger partial charge in [-0.2, -0.15) is 4.98 Å². The molecule has 2 heterocycles. The number of nitrogens with two attached hydrogens (primary N) is 1. The predicted molar refractivity (Wildman–Crippen MR) is 75.5 cm³/mol. The minimum atomic E-state index is -0.236. The number of nitrogen functional groups attached to an aromatic ring is 1. The van der Waals surface area contributed by atoms with Crippen LogP contribution in [0.2, 0.25) is 0 Å². The molecular formula is C13H11N3O3S. The number of aromatic hydroxyl groups is 2. The topological polar surface area (TPSA) is 105 Å². The van der Waals surface area contributed by atoms with E-state index in [0.717, 1.165) is 4.88 Å². The van der Waals surface area contributed by atoms with Gasteiger partial charge in [0.05, 0.1) is 10.6 Å². The zero-order chi connectivity index (χ0) is 14.3. The molecule has 0 fully saturated rings. The summed E-state index contributed by atoms with van der Waals surface area (Å²) in [5.41, 5.74) is 7.13. The molecule has 0 spiro atoms. The van der Waals surface area contributed by atoms with Crippen molar-refractivity contribution in [2.75, 3.05) is 5.73 Å². The van der Waals surface area contributed by atoms with E-state index in [1.807, 2.05) is 13.0 Å². The Balaban J connectivity index is 2.01. The average Bonchev–Trinajstić information content (AvgIpc) is 2.99. The highest BCUT2D eigenvalue weighted by molar-refractivity contribution is 7.16. The number of hydrogen-bond acceptors (Lipinski definition) is 7. The van der Waals surface area contributed by atoms with E-state index in [9.17, 15) is 10.2 Å². The van der Waals surface area contributed by atoms with Crippen molar-refractivity contribution in [3.63, 3.8) is 0 Å². The summed E-state index contributed by atoms with van der Waals surface area (Å²) in [5.74, 6) is 0.211. The summed E-state index contributed by atoms with van der Waals surface area (Å²) in [7, 11) is 0. The highest BCUT2D eigenvalue weighted by Gasteiger charge is 2.15. The Morgan fingerprint density at radius 2 is 2.00 bits per heavy atom. The van der Waals surface area contributed by atoms with E-state index in [2.05, 4.69) is 10.1 Å². The quantitative estimate of drug-likeness (QED) is 0.626. The van der Waals surface area contributed by atoms with Gasteiger partial charge >= 0.3 is 0 Å². The van der Waals surface area contributed by atoms with Crippen LogP contribution in [0.1, 0.15) is 4.88 Å². The van der Waals surface area contributed by atoms with E-state index in [0.29, 0.717) is 27.8 Å². The highest BCUT2D eigenvalue weighted by Crippen LogP contribution is 2.34. The smallest absolute Gasteiger partial charge is 0.261 e. The number of hydrogen-bond donors (Lipinski definition) is 3. The first-order chi connectivity index (χ1) is 9.54. The number of thiophene rings is 1. The van der Waals surface area contributed by atoms with Crippen LogP contribution in [0.5, 0.6) is 11.5 Å². The Morgan fingerprint density at radius 3 is 2.65 bits per heavy atom. The molecule has 20 heavy (non-hydrogen) atoms. The average molecular weight is 289 g/mol. The van der Waals surface area contributed by atoms with Gasteiger partial charge in [0.2, 0.25) is 5.82 Å². The molecule has 102 valence electrons. The molecule has 0 amide bonds. The van der Waals surface area contributed by atoms with Gasteiger partial charge in [-0.3, -0.25) is 0 Å². The van der Waals surface area contributed by atoms with E-state index in [1.54, 1.807) is 6.07 Å². The first-order valence-electron chi connectivity index (χ1n) is 5.77. The molecular weight excluding hydrogens is 278 g/mol. The van der Waals surface area contributed by atoms with E-state index < -0.39 is 0 Å². The first-order valence-corrected chi connectivity index (χ1v) is 6.58. The minimum absolute atomic E-state index is 0.199. The van der Waals surface area contributed by atoms with Crippen molar-refractivity contribution in [2.45, 2.75) is 6.92 Å². The van der Waals surface area contributed by atoms with Gasteiger partial charge in [0.1, 0.15) is 0 Å². The van der Waals surface area contributed by atoms with Crippen molar-refractivity contribution in [3.05, 3.63) is 29.1 Å². The van der Waals surface area contributed by atoms with Crippen LogP contribution in [0.4, 0.5) is 5.00 Å². The van der Waals surface area contributed by atoms with Gasteiger partial charge < -0.3 is 20.5 Å². The Labute approximate surface area is 118 Å². The zero-order valence-corrected chi connectivity index (χ0v) is 11.3. The zero-order valence-electron chi connectivity index (χ0n) is 10.5. The lowest BCUT2D eigenvalue weighted by Gasteiger charge is -1.98. The van der Waals surface area contributed by atoms with Crippen LogP contribution in [0, 0.1) is 6.92 Å².